The Morgan fingerprint density at radius 3 is 2.61 bits per heavy atom. The number of nitriles is 1. The van der Waals surface area contributed by atoms with Crippen molar-refractivity contribution in [3.05, 3.63) is 46.6 Å². The van der Waals surface area contributed by atoms with Gasteiger partial charge in [-0.05, 0) is 63.8 Å². The van der Waals surface area contributed by atoms with E-state index in [1.54, 1.807) is 12.4 Å². The van der Waals surface area contributed by atoms with Gasteiger partial charge in [-0.25, -0.2) is 5.43 Å². The van der Waals surface area contributed by atoms with Gasteiger partial charge < -0.3 is 16.1 Å². The Bertz CT molecular complexity index is 979. The number of hydrogen-bond acceptors (Lipinski definition) is 6. The first kappa shape index (κ1) is 31.5. The molecule has 2 atom stereocenters. The van der Waals surface area contributed by atoms with Gasteiger partial charge in [0, 0.05) is 24.4 Å². The zero-order valence-electron chi connectivity index (χ0n) is 23.6. The van der Waals surface area contributed by atoms with Crippen molar-refractivity contribution in [3.8, 4) is 6.07 Å². The molecule has 3 rings (SSSR count). The molecule has 0 amide bonds. The van der Waals surface area contributed by atoms with Gasteiger partial charge in [-0.15, -0.1) is 0 Å². The van der Waals surface area contributed by atoms with Crippen LogP contribution in [0.1, 0.15) is 98.8 Å². The van der Waals surface area contributed by atoms with E-state index in [1.165, 1.54) is 19.3 Å². The fourth-order valence-corrected chi connectivity index (χ4v) is 4.84. The molecule has 6 nitrogen and oxygen atoms in total. The molecule has 1 aliphatic carbocycles. The predicted octanol–water partition coefficient (Wildman–Crippen LogP) is 6.91. The van der Waals surface area contributed by atoms with Gasteiger partial charge in [-0.2, -0.15) is 18.4 Å². The normalized spacial score (nSPS) is 22.9. The summed E-state index contributed by atoms with van der Waals surface area (Å²) in [6.07, 6.45) is 10.4. The SMILES string of the molecule is CC.CCCCCCC(C)N1C(C2CCC=C(NNC3(C(F)(F)F)CC3)C=N2)=C(C#N)C/C1=C\C(C)=C/N. The summed E-state index contributed by atoms with van der Waals surface area (Å²) < 4.78 is 39.8. The molecule has 4 N–H and O–H groups in total. The molecule has 212 valence electrons. The van der Waals surface area contributed by atoms with Gasteiger partial charge in [0.05, 0.1) is 29.1 Å². The van der Waals surface area contributed by atoms with E-state index in [0.717, 1.165) is 29.8 Å². The minimum absolute atomic E-state index is 0.0614. The molecule has 38 heavy (non-hydrogen) atoms. The lowest BCUT2D eigenvalue weighted by Gasteiger charge is -2.33. The Morgan fingerprint density at radius 1 is 1.32 bits per heavy atom. The molecule has 9 heteroatoms. The van der Waals surface area contributed by atoms with E-state index in [2.05, 4.69) is 35.7 Å². The van der Waals surface area contributed by atoms with Crippen molar-refractivity contribution in [1.29, 1.82) is 5.26 Å². The molecule has 0 spiro atoms. The van der Waals surface area contributed by atoms with Gasteiger partial charge in [-0.3, -0.25) is 4.99 Å². The molecule has 0 radical (unpaired) electrons. The fourth-order valence-electron chi connectivity index (χ4n) is 4.84. The topological polar surface area (TPSA) is 89.5 Å². The summed E-state index contributed by atoms with van der Waals surface area (Å²) in [7, 11) is 0. The zero-order valence-corrected chi connectivity index (χ0v) is 23.6. The van der Waals surface area contributed by atoms with Gasteiger partial charge in [0.2, 0.25) is 0 Å². The van der Waals surface area contributed by atoms with E-state index in [-0.39, 0.29) is 24.9 Å². The molecule has 1 fully saturated rings. The summed E-state index contributed by atoms with van der Waals surface area (Å²) in [6.45, 7) is 10.3. The largest absolute Gasteiger partial charge is 0.408 e. The van der Waals surface area contributed by atoms with Crippen LogP contribution in [0.5, 0.6) is 0 Å². The van der Waals surface area contributed by atoms with Gasteiger partial charge in [0.25, 0.3) is 0 Å². The molecule has 0 bridgehead atoms. The number of rotatable bonds is 11. The molecule has 2 unspecified atom stereocenters. The number of nitrogens with one attached hydrogen (secondary N) is 2. The van der Waals surface area contributed by atoms with Crippen molar-refractivity contribution < 1.29 is 13.2 Å². The zero-order chi connectivity index (χ0) is 28.3. The van der Waals surface area contributed by atoms with E-state index < -0.39 is 11.7 Å². The Kier molecular flexibility index (Phi) is 12.0. The van der Waals surface area contributed by atoms with Crippen LogP contribution in [0.15, 0.2) is 51.6 Å². The first-order valence-electron chi connectivity index (χ1n) is 14.0. The Labute approximate surface area is 226 Å². The summed E-state index contributed by atoms with van der Waals surface area (Å²) in [4.78, 5) is 7.01. The van der Waals surface area contributed by atoms with Crippen molar-refractivity contribution >= 4 is 6.21 Å². The molecule has 0 aromatic carbocycles. The Morgan fingerprint density at radius 2 is 2.03 bits per heavy atom. The molecule has 0 aromatic heterocycles. The summed E-state index contributed by atoms with van der Waals surface area (Å²) in [5.41, 5.74) is 13.2. The van der Waals surface area contributed by atoms with E-state index in [4.69, 9.17) is 10.7 Å². The first-order valence-corrected chi connectivity index (χ1v) is 14.0. The Balaban J connectivity index is 0.00000247. The van der Waals surface area contributed by atoms with Gasteiger partial charge in [0.15, 0.2) is 0 Å². The maximum Gasteiger partial charge on any atom is 0.408 e. The minimum Gasteiger partial charge on any atom is -0.404 e. The van der Waals surface area contributed by atoms with E-state index in [9.17, 15) is 18.4 Å². The maximum absolute atomic E-state index is 13.3. The second kappa shape index (κ2) is 14.4. The maximum atomic E-state index is 13.3. The minimum atomic E-state index is -4.30. The summed E-state index contributed by atoms with van der Waals surface area (Å²) in [6, 6.07) is 2.33. The number of allylic oxidation sites excluding steroid dienone is 5. The standard InChI is InChI=1S/C27H39F3N6.C2H6/c1-4-5-6-7-9-20(3)36-23(14-19(2)16-31)15-21(17-32)25(36)24-11-8-10-22(18-33-24)34-35-26(12-13-26)27(28,29)30;1-2/h10,14,16,18,20,24,34-35H,4-9,11-13,15,31H2,1-3H3;1-2H3/b19-16-,23-14+;. The summed E-state index contributed by atoms with van der Waals surface area (Å²) >= 11 is 0. The highest BCUT2D eigenvalue weighted by Crippen LogP contribution is 2.48. The summed E-state index contributed by atoms with van der Waals surface area (Å²) in [5.74, 6) is 0. The lowest BCUT2D eigenvalue weighted by atomic mass is 10.0. The molecule has 3 aliphatic rings. The number of hydrazine groups is 1. The summed E-state index contributed by atoms with van der Waals surface area (Å²) in [5, 5.41) is 10.0. The second-order valence-corrected chi connectivity index (χ2v) is 10.1. The molecular weight excluding hydrogens is 489 g/mol. The van der Waals surface area contributed by atoms with Gasteiger partial charge >= 0.3 is 6.18 Å². The number of halogens is 3. The van der Waals surface area contributed by atoms with Crippen molar-refractivity contribution in [2.75, 3.05) is 0 Å². The smallest absolute Gasteiger partial charge is 0.404 e. The molecule has 2 aliphatic heterocycles. The van der Waals surface area contributed by atoms with Crippen LogP contribution in [-0.2, 0) is 0 Å². The monoisotopic (exact) mass is 534 g/mol. The number of hydrogen-bond donors (Lipinski definition) is 3. The average Bonchev–Trinajstić information content (AvgIpc) is 3.67. The van der Waals surface area contributed by atoms with Crippen molar-refractivity contribution in [1.82, 2.24) is 15.8 Å². The highest BCUT2D eigenvalue weighted by molar-refractivity contribution is 5.78. The van der Waals surface area contributed by atoms with Crippen LogP contribution in [0.3, 0.4) is 0 Å². The van der Waals surface area contributed by atoms with Crippen molar-refractivity contribution in [2.45, 2.75) is 123 Å². The fraction of sp³-hybridized carbons (Fsp3) is 0.655. The number of alkyl halides is 3. The van der Waals surface area contributed by atoms with Crippen LogP contribution in [0.25, 0.3) is 0 Å². The first-order chi connectivity index (χ1) is 18.2. The second-order valence-electron chi connectivity index (χ2n) is 10.1. The van der Waals surface area contributed by atoms with Gasteiger partial charge in [0.1, 0.15) is 5.54 Å². The third-order valence-corrected chi connectivity index (χ3v) is 7.20. The molecule has 0 aromatic rings. The lowest BCUT2D eigenvalue weighted by Crippen LogP contribution is -2.51. The highest BCUT2D eigenvalue weighted by Gasteiger charge is 2.63. The predicted molar refractivity (Wildman–Crippen MR) is 149 cm³/mol. The Hall–Kier alpha value is -2.73. The van der Waals surface area contributed by atoms with Crippen LogP contribution in [0.2, 0.25) is 0 Å². The van der Waals surface area contributed by atoms with Crippen molar-refractivity contribution in [3.63, 3.8) is 0 Å². The van der Waals surface area contributed by atoms with E-state index in [1.807, 2.05) is 32.9 Å². The number of nitrogens with two attached hydrogens (primary N) is 1. The van der Waals surface area contributed by atoms with Crippen LogP contribution in [0.4, 0.5) is 13.2 Å². The molecule has 0 saturated heterocycles. The van der Waals surface area contributed by atoms with Gasteiger partial charge in [-0.1, -0.05) is 52.5 Å². The van der Waals surface area contributed by atoms with Crippen LogP contribution >= 0.6 is 0 Å². The average molecular weight is 535 g/mol. The number of nitrogens with zero attached hydrogens (tertiary/aromatic N) is 3. The molecule has 2 heterocycles. The highest BCUT2D eigenvalue weighted by atomic mass is 19.4. The molecular formula is C29H45F3N6. The van der Waals surface area contributed by atoms with E-state index >= 15 is 0 Å². The quantitative estimate of drug-likeness (QED) is 0.198. The lowest BCUT2D eigenvalue weighted by molar-refractivity contribution is -0.167. The third-order valence-electron chi connectivity index (χ3n) is 7.20. The van der Waals surface area contributed by atoms with Crippen LogP contribution in [-0.4, -0.2) is 34.9 Å². The van der Waals surface area contributed by atoms with Crippen molar-refractivity contribution in [2.24, 2.45) is 10.7 Å². The number of unbranched alkanes of at least 4 members (excludes halogenated alkanes) is 3. The van der Waals surface area contributed by atoms with Crippen LogP contribution < -0.4 is 16.6 Å². The van der Waals surface area contributed by atoms with Crippen LogP contribution in [0, 0.1) is 11.3 Å². The number of aliphatic imine (C=N–C) groups is 1. The van der Waals surface area contributed by atoms with E-state index in [0.29, 0.717) is 30.5 Å². The third kappa shape index (κ3) is 7.89. The molecule has 1 saturated carbocycles.